The standard InChI is InChI=1S/C21H12Cl3N3OS2/c22-12-5-3-4-11(8-12)19(28)27-21(29)26-17-9-13(14(23)10-15(17)24)20-25-16-6-1-2-7-18(16)30-20/h1-10H,(H2,26,27,28,29). The van der Waals surface area contributed by atoms with Crippen LogP contribution in [0.5, 0.6) is 0 Å². The van der Waals surface area contributed by atoms with Crippen molar-refractivity contribution in [3.8, 4) is 10.6 Å². The molecule has 0 saturated carbocycles. The average molecular weight is 493 g/mol. The number of fused-ring (bicyclic) bond motifs is 1. The number of aromatic nitrogens is 1. The van der Waals surface area contributed by atoms with Gasteiger partial charge < -0.3 is 5.32 Å². The van der Waals surface area contributed by atoms with Crippen molar-refractivity contribution in [1.29, 1.82) is 0 Å². The summed E-state index contributed by atoms with van der Waals surface area (Å²) in [7, 11) is 0. The number of para-hydroxylation sites is 1. The minimum absolute atomic E-state index is 0.0967. The summed E-state index contributed by atoms with van der Waals surface area (Å²) in [5, 5.41) is 7.71. The average Bonchev–Trinajstić information content (AvgIpc) is 3.14. The first-order valence-corrected chi connectivity index (χ1v) is 11.0. The van der Waals surface area contributed by atoms with Crippen molar-refractivity contribution in [3.63, 3.8) is 0 Å². The highest BCUT2D eigenvalue weighted by molar-refractivity contribution is 7.80. The summed E-state index contributed by atoms with van der Waals surface area (Å²) < 4.78 is 1.05. The Kier molecular flexibility index (Phi) is 6.22. The normalized spacial score (nSPS) is 10.8. The van der Waals surface area contributed by atoms with Gasteiger partial charge >= 0.3 is 0 Å². The van der Waals surface area contributed by atoms with Crippen LogP contribution >= 0.6 is 58.4 Å². The van der Waals surface area contributed by atoms with Crippen LogP contribution in [0.4, 0.5) is 5.69 Å². The van der Waals surface area contributed by atoms with E-state index in [9.17, 15) is 4.79 Å². The Bertz CT molecular complexity index is 1260. The highest BCUT2D eigenvalue weighted by Gasteiger charge is 2.15. The third kappa shape index (κ3) is 4.58. The van der Waals surface area contributed by atoms with Crippen LogP contribution in [0.2, 0.25) is 15.1 Å². The lowest BCUT2D eigenvalue weighted by atomic mass is 10.2. The number of thiazole rings is 1. The number of anilines is 1. The van der Waals surface area contributed by atoms with Gasteiger partial charge in [0.25, 0.3) is 5.91 Å². The van der Waals surface area contributed by atoms with Gasteiger partial charge in [-0.15, -0.1) is 11.3 Å². The molecule has 30 heavy (non-hydrogen) atoms. The predicted molar refractivity (Wildman–Crippen MR) is 130 cm³/mol. The van der Waals surface area contributed by atoms with Crippen LogP contribution in [-0.4, -0.2) is 16.0 Å². The molecule has 4 nitrogen and oxygen atoms in total. The zero-order valence-electron chi connectivity index (χ0n) is 15.1. The number of thiocarbonyl (C=S) groups is 1. The number of rotatable bonds is 3. The van der Waals surface area contributed by atoms with Crippen molar-refractivity contribution in [3.05, 3.63) is 81.3 Å². The molecule has 0 spiro atoms. The molecule has 0 atom stereocenters. The number of hydrogen-bond acceptors (Lipinski definition) is 4. The van der Waals surface area contributed by atoms with E-state index in [2.05, 4.69) is 15.6 Å². The fraction of sp³-hybridized carbons (Fsp3) is 0. The number of nitrogens with zero attached hydrogens (tertiary/aromatic N) is 1. The van der Waals surface area contributed by atoms with Crippen molar-refractivity contribution in [2.24, 2.45) is 0 Å². The maximum absolute atomic E-state index is 12.4. The molecular weight excluding hydrogens is 481 g/mol. The van der Waals surface area contributed by atoms with E-state index >= 15 is 0 Å². The Morgan fingerprint density at radius 1 is 0.967 bits per heavy atom. The molecular formula is C21H12Cl3N3OS2. The highest BCUT2D eigenvalue weighted by atomic mass is 35.5. The second kappa shape index (κ2) is 8.88. The SMILES string of the molecule is O=C(NC(=S)Nc1cc(-c2nc3ccccc3s2)c(Cl)cc1Cl)c1cccc(Cl)c1. The van der Waals surface area contributed by atoms with Crippen LogP contribution in [0.1, 0.15) is 10.4 Å². The van der Waals surface area contributed by atoms with Gasteiger partial charge in [-0.1, -0.05) is 53.0 Å². The van der Waals surface area contributed by atoms with Crippen LogP contribution in [0, 0.1) is 0 Å². The van der Waals surface area contributed by atoms with Crippen molar-refractivity contribution in [2.45, 2.75) is 0 Å². The van der Waals surface area contributed by atoms with Crippen molar-refractivity contribution in [2.75, 3.05) is 5.32 Å². The summed E-state index contributed by atoms with van der Waals surface area (Å²) >= 11 is 25.5. The molecule has 1 heterocycles. The Labute approximate surface area is 196 Å². The number of carbonyl (C=O) groups excluding carboxylic acids is 1. The first-order valence-electron chi connectivity index (χ1n) is 8.63. The molecule has 0 bridgehead atoms. The minimum Gasteiger partial charge on any atom is -0.331 e. The number of amides is 1. The monoisotopic (exact) mass is 491 g/mol. The summed E-state index contributed by atoms with van der Waals surface area (Å²) in [6.07, 6.45) is 0. The molecule has 0 radical (unpaired) electrons. The molecule has 9 heteroatoms. The van der Waals surface area contributed by atoms with Crippen LogP contribution in [-0.2, 0) is 0 Å². The van der Waals surface area contributed by atoms with E-state index < -0.39 is 0 Å². The van der Waals surface area contributed by atoms with E-state index in [0.717, 1.165) is 15.2 Å². The van der Waals surface area contributed by atoms with Gasteiger partial charge in [-0.2, -0.15) is 0 Å². The summed E-state index contributed by atoms with van der Waals surface area (Å²) in [4.78, 5) is 17.0. The first kappa shape index (κ1) is 21.0. The van der Waals surface area contributed by atoms with Crippen molar-refractivity contribution < 1.29 is 4.79 Å². The smallest absolute Gasteiger partial charge is 0.257 e. The fourth-order valence-corrected chi connectivity index (χ4v) is 4.72. The molecule has 0 aliphatic heterocycles. The summed E-state index contributed by atoms with van der Waals surface area (Å²) in [6, 6.07) is 17.8. The van der Waals surface area contributed by atoms with E-state index in [4.69, 9.17) is 47.0 Å². The largest absolute Gasteiger partial charge is 0.331 e. The van der Waals surface area contributed by atoms with E-state index in [-0.39, 0.29) is 11.0 Å². The first-order chi connectivity index (χ1) is 14.4. The Hall–Kier alpha value is -2.22. The number of hydrogen-bond donors (Lipinski definition) is 2. The van der Waals surface area contributed by atoms with Crippen molar-refractivity contribution in [1.82, 2.24) is 10.3 Å². The highest BCUT2D eigenvalue weighted by Crippen LogP contribution is 2.38. The van der Waals surface area contributed by atoms with Crippen LogP contribution in [0.25, 0.3) is 20.8 Å². The zero-order chi connectivity index (χ0) is 21.3. The van der Waals surface area contributed by atoms with E-state index in [1.54, 1.807) is 36.4 Å². The lowest BCUT2D eigenvalue weighted by molar-refractivity contribution is 0.0977. The summed E-state index contributed by atoms with van der Waals surface area (Å²) in [6.45, 7) is 0. The van der Waals surface area contributed by atoms with Crippen LogP contribution in [0.15, 0.2) is 60.7 Å². The number of halogens is 3. The number of benzene rings is 3. The van der Waals surface area contributed by atoms with Gasteiger partial charge in [-0.25, -0.2) is 4.98 Å². The van der Waals surface area contributed by atoms with Gasteiger partial charge in [0.05, 0.1) is 25.9 Å². The van der Waals surface area contributed by atoms with Crippen molar-refractivity contribution >= 4 is 85.3 Å². The zero-order valence-corrected chi connectivity index (χ0v) is 19.0. The molecule has 0 saturated heterocycles. The lowest BCUT2D eigenvalue weighted by Crippen LogP contribution is -2.34. The van der Waals surface area contributed by atoms with Gasteiger partial charge in [0.2, 0.25) is 0 Å². The molecule has 150 valence electrons. The minimum atomic E-state index is -0.383. The van der Waals surface area contributed by atoms with Gasteiger partial charge in [-0.3, -0.25) is 10.1 Å². The van der Waals surface area contributed by atoms with Gasteiger partial charge in [0, 0.05) is 16.1 Å². The lowest BCUT2D eigenvalue weighted by Gasteiger charge is -2.13. The second-order valence-electron chi connectivity index (χ2n) is 6.22. The van der Waals surface area contributed by atoms with Crippen LogP contribution < -0.4 is 10.6 Å². The summed E-state index contributed by atoms with van der Waals surface area (Å²) in [5.41, 5.74) is 2.51. The predicted octanol–water partition coefficient (Wildman–Crippen LogP) is 7.05. The Morgan fingerprint density at radius 3 is 2.53 bits per heavy atom. The van der Waals surface area contributed by atoms with Crippen LogP contribution in [0.3, 0.4) is 0 Å². The molecule has 0 aliphatic carbocycles. The van der Waals surface area contributed by atoms with E-state index in [1.165, 1.54) is 11.3 Å². The molecule has 0 unspecified atom stereocenters. The molecule has 4 rings (SSSR count). The summed E-state index contributed by atoms with van der Waals surface area (Å²) in [5.74, 6) is -0.383. The number of carbonyl (C=O) groups is 1. The molecule has 3 aromatic carbocycles. The fourth-order valence-electron chi connectivity index (χ4n) is 2.75. The third-order valence-corrected chi connectivity index (χ3v) is 6.28. The Balaban J connectivity index is 1.57. The molecule has 2 N–H and O–H groups in total. The molecule has 0 aliphatic rings. The molecule has 1 aromatic heterocycles. The van der Waals surface area contributed by atoms with Gasteiger partial charge in [-0.05, 0) is 54.7 Å². The van der Waals surface area contributed by atoms with Gasteiger partial charge in [0.1, 0.15) is 5.01 Å². The maximum Gasteiger partial charge on any atom is 0.257 e. The molecule has 1 amide bonds. The number of nitrogens with one attached hydrogen (secondary N) is 2. The van der Waals surface area contributed by atoms with Gasteiger partial charge in [0.15, 0.2) is 5.11 Å². The third-order valence-electron chi connectivity index (χ3n) is 4.14. The van der Waals surface area contributed by atoms with E-state index in [0.29, 0.717) is 31.9 Å². The maximum atomic E-state index is 12.4. The molecule has 4 aromatic rings. The topological polar surface area (TPSA) is 54.0 Å². The molecule has 0 fully saturated rings. The quantitative estimate of drug-likeness (QED) is 0.301. The second-order valence-corrected chi connectivity index (χ2v) is 8.91. The Morgan fingerprint density at radius 2 is 1.77 bits per heavy atom. The van der Waals surface area contributed by atoms with E-state index in [1.807, 2.05) is 24.3 Å².